The SMILES string of the molecule is CCCCCC1=C2CC(=C1)C1=C2C(=O)c2ccccc2C1=O. The van der Waals surface area contributed by atoms with E-state index in [9.17, 15) is 9.59 Å². The Balaban J connectivity index is 1.78. The Morgan fingerprint density at radius 1 is 0.955 bits per heavy atom. The van der Waals surface area contributed by atoms with Crippen molar-refractivity contribution >= 4 is 11.6 Å². The van der Waals surface area contributed by atoms with E-state index in [0.29, 0.717) is 22.3 Å². The molecule has 2 bridgehead atoms. The van der Waals surface area contributed by atoms with Crippen LogP contribution in [0.4, 0.5) is 0 Å². The maximum atomic E-state index is 12.8. The second-order valence-electron chi connectivity index (χ2n) is 6.26. The predicted molar refractivity (Wildman–Crippen MR) is 86.0 cm³/mol. The first-order valence-electron chi connectivity index (χ1n) is 8.08. The second-order valence-corrected chi connectivity index (χ2v) is 6.26. The van der Waals surface area contributed by atoms with Gasteiger partial charge in [0.05, 0.1) is 0 Å². The smallest absolute Gasteiger partial charge is 0.194 e. The Morgan fingerprint density at radius 3 is 2.32 bits per heavy atom. The maximum absolute atomic E-state index is 12.8. The number of rotatable bonds is 4. The molecule has 1 aromatic rings. The van der Waals surface area contributed by atoms with Gasteiger partial charge in [0, 0.05) is 22.3 Å². The third kappa shape index (κ3) is 1.73. The van der Waals surface area contributed by atoms with Gasteiger partial charge in [-0.1, -0.05) is 50.1 Å². The molecule has 2 nitrogen and oxygen atoms in total. The summed E-state index contributed by atoms with van der Waals surface area (Å²) in [6.45, 7) is 2.19. The minimum Gasteiger partial charge on any atom is -0.289 e. The molecule has 0 heterocycles. The lowest BCUT2D eigenvalue weighted by molar-refractivity contribution is 0.0980. The van der Waals surface area contributed by atoms with Crippen LogP contribution in [0.1, 0.15) is 59.7 Å². The molecule has 0 atom stereocenters. The molecule has 3 aliphatic rings. The Kier molecular flexibility index (Phi) is 3.00. The topological polar surface area (TPSA) is 34.1 Å². The molecule has 4 rings (SSSR count). The standard InChI is InChI=1S/C20H18O2/c1-2-3-4-7-12-10-13-11-16(12)18-17(13)19(21)14-8-5-6-9-15(14)20(18)22/h5-6,8-10H,2-4,7,11H2,1H3. The molecule has 0 saturated carbocycles. The van der Waals surface area contributed by atoms with E-state index >= 15 is 0 Å². The molecular formula is C20H18O2. The van der Waals surface area contributed by atoms with Crippen molar-refractivity contribution in [1.29, 1.82) is 0 Å². The van der Waals surface area contributed by atoms with Crippen molar-refractivity contribution < 1.29 is 9.59 Å². The quantitative estimate of drug-likeness (QED) is 0.760. The van der Waals surface area contributed by atoms with Gasteiger partial charge in [-0.25, -0.2) is 0 Å². The summed E-state index contributed by atoms with van der Waals surface area (Å²) < 4.78 is 0. The van der Waals surface area contributed by atoms with Crippen LogP contribution in [0.5, 0.6) is 0 Å². The van der Waals surface area contributed by atoms with Crippen LogP contribution in [0.3, 0.4) is 0 Å². The van der Waals surface area contributed by atoms with Gasteiger partial charge in [0.25, 0.3) is 0 Å². The van der Waals surface area contributed by atoms with Gasteiger partial charge in [-0.2, -0.15) is 0 Å². The molecule has 0 spiro atoms. The number of carbonyl (C=O) groups excluding carboxylic acids is 2. The average molecular weight is 290 g/mol. The maximum Gasteiger partial charge on any atom is 0.194 e. The predicted octanol–water partition coefficient (Wildman–Crippen LogP) is 4.58. The summed E-state index contributed by atoms with van der Waals surface area (Å²) in [5.41, 5.74) is 5.97. The number of fused-ring (bicyclic) bond motifs is 5. The summed E-state index contributed by atoms with van der Waals surface area (Å²) in [6.07, 6.45) is 7.51. The lowest BCUT2D eigenvalue weighted by atomic mass is 9.80. The van der Waals surface area contributed by atoms with Crippen molar-refractivity contribution in [3.8, 4) is 0 Å². The monoisotopic (exact) mass is 290 g/mol. The Labute approximate surface area is 130 Å². The van der Waals surface area contributed by atoms with Crippen molar-refractivity contribution in [2.75, 3.05) is 0 Å². The number of hydrogen-bond donors (Lipinski definition) is 0. The fraction of sp³-hybridized carbons (Fsp3) is 0.300. The average Bonchev–Trinajstić information content (AvgIpc) is 3.11. The van der Waals surface area contributed by atoms with E-state index in [-0.39, 0.29) is 11.6 Å². The summed E-state index contributed by atoms with van der Waals surface area (Å²) in [5, 5.41) is 0. The van der Waals surface area contributed by atoms with Crippen molar-refractivity contribution in [1.82, 2.24) is 0 Å². The minimum absolute atomic E-state index is 0.0269. The summed E-state index contributed by atoms with van der Waals surface area (Å²) in [5.74, 6) is 0.0651. The zero-order valence-electron chi connectivity index (χ0n) is 12.7. The first-order valence-corrected chi connectivity index (χ1v) is 8.08. The van der Waals surface area contributed by atoms with Gasteiger partial charge in [-0.3, -0.25) is 9.59 Å². The van der Waals surface area contributed by atoms with E-state index in [1.54, 1.807) is 12.1 Å². The molecule has 0 aliphatic heterocycles. The number of Topliss-reactive ketones (excluding diaryl/α,β-unsaturated/α-hetero) is 2. The highest BCUT2D eigenvalue weighted by molar-refractivity contribution is 6.31. The van der Waals surface area contributed by atoms with Crippen molar-refractivity contribution in [3.05, 3.63) is 69.3 Å². The van der Waals surface area contributed by atoms with Crippen molar-refractivity contribution in [3.63, 3.8) is 0 Å². The molecule has 0 aromatic heterocycles. The molecule has 0 saturated heterocycles. The fourth-order valence-corrected chi connectivity index (χ4v) is 3.82. The highest BCUT2D eigenvalue weighted by atomic mass is 16.1. The summed E-state index contributed by atoms with van der Waals surface area (Å²) in [6, 6.07) is 7.20. The molecule has 0 fully saturated rings. The third-order valence-electron chi connectivity index (χ3n) is 4.90. The van der Waals surface area contributed by atoms with E-state index < -0.39 is 0 Å². The Morgan fingerprint density at radius 2 is 1.64 bits per heavy atom. The van der Waals surface area contributed by atoms with Gasteiger partial charge in [0.1, 0.15) is 0 Å². The lowest BCUT2D eigenvalue weighted by Crippen LogP contribution is -2.21. The van der Waals surface area contributed by atoms with E-state index in [1.165, 1.54) is 18.4 Å². The van der Waals surface area contributed by atoms with E-state index in [4.69, 9.17) is 0 Å². The van der Waals surface area contributed by atoms with Crippen LogP contribution in [-0.2, 0) is 0 Å². The van der Waals surface area contributed by atoms with Crippen LogP contribution < -0.4 is 0 Å². The number of ketones is 2. The second kappa shape index (κ2) is 4.91. The van der Waals surface area contributed by atoms with Gasteiger partial charge in [0.2, 0.25) is 0 Å². The number of hydrogen-bond acceptors (Lipinski definition) is 2. The van der Waals surface area contributed by atoms with Crippen LogP contribution in [0.15, 0.2) is 58.2 Å². The lowest BCUT2D eigenvalue weighted by Gasteiger charge is -2.20. The molecule has 110 valence electrons. The van der Waals surface area contributed by atoms with E-state index in [0.717, 1.165) is 30.4 Å². The van der Waals surface area contributed by atoms with Gasteiger partial charge in [-0.05, 0) is 36.0 Å². The minimum atomic E-state index is 0.0269. The van der Waals surface area contributed by atoms with Crippen molar-refractivity contribution in [2.45, 2.75) is 39.0 Å². The molecule has 2 heteroatoms. The number of benzene rings is 1. The Bertz CT molecular complexity index is 803. The zero-order chi connectivity index (χ0) is 15.3. The first-order chi connectivity index (χ1) is 10.7. The van der Waals surface area contributed by atoms with Gasteiger partial charge >= 0.3 is 0 Å². The van der Waals surface area contributed by atoms with Gasteiger partial charge in [0.15, 0.2) is 11.6 Å². The highest BCUT2D eigenvalue weighted by Crippen LogP contribution is 2.49. The van der Waals surface area contributed by atoms with Crippen molar-refractivity contribution in [2.24, 2.45) is 0 Å². The van der Waals surface area contributed by atoms with Crippen LogP contribution in [0, 0.1) is 0 Å². The number of unbranched alkanes of at least 4 members (excludes halogenated alkanes) is 2. The number of carbonyl (C=O) groups is 2. The van der Waals surface area contributed by atoms with Crippen LogP contribution in [0.25, 0.3) is 0 Å². The summed E-state index contributed by atoms with van der Waals surface area (Å²) in [7, 11) is 0. The molecule has 22 heavy (non-hydrogen) atoms. The van der Waals surface area contributed by atoms with Crippen LogP contribution in [0.2, 0.25) is 0 Å². The fourth-order valence-electron chi connectivity index (χ4n) is 3.82. The third-order valence-corrected chi connectivity index (χ3v) is 4.90. The van der Waals surface area contributed by atoms with E-state index in [2.05, 4.69) is 13.0 Å². The van der Waals surface area contributed by atoms with E-state index in [1.807, 2.05) is 12.1 Å². The zero-order valence-corrected chi connectivity index (χ0v) is 12.7. The molecule has 3 aliphatic carbocycles. The molecule has 0 N–H and O–H groups in total. The molecule has 0 amide bonds. The highest BCUT2D eigenvalue weighted by Gasteiger charge is 2.42. The summed E-state index contributed by atoms with van der Waals surface area (Å²) >= 11 is 0. The largest absolute Gasteiger partial charge is 0.289 e. The van der Waals surface area contributed by atoms with Gasteiger partial charge in [-0.15, -0.1) is 0 Å². The van der Waals surface area contributed by atoms with Gasteiger partial charge < -0.3 is 0 Å². The molecule has 0 unspecified atom stereocenters. The van der Waals surface area contributed by atoms with Crippen LogP contribution >= 0.6 is 0 Å². The Hall–Kier alpha value is -2.22. The first kappa shape index (κ1) is 13.4. The molecule has 1 aromatic carbocycles. The summed E-state index contributed by atoms with van der Waals surface area (Å²) in [4.78, 5) is 25.6. The molecule has 0 radical (unpaired) electrons. The number of allylic oxidation sites excluding steroid dienone is 6. The molecular weight excluding hydrogens is 272 g/mol. The van der Waals surface area contributed by atoms with Crippen LogP contribution in [-0.4, -0.2) is 11.6 Å². The normalized spacial score (nSPS) is 18.9.